The number of thiophene rings is 1. The van der Waals surface area contributed by atoms with Crippen LogP contribution in [0.3, 0.4) is 0 Å². The predicted molar refractivity (Wildman–Crippen MR) is 138 cm³/mol. The van der Waals surface area contributed by atoms with Crippen molar-refractivity contribution in [1.82, 2.24) is 14.1 Å². The molecule has 4 N–H and O–H groups in total. The van der Waals surface area contributed by atoms with Gasteiger partial charge in [-0.2, -0.15) is 8.75 Å². The first-order valence-electron chi connectivity index (χ1n) is 9.90. The zero-order valence-corrected chi connectivity index (χ0v) is 21.1. The Morgan fingerprint density at radius 1 is 1.09 bits per heavy atom. The van der Waals surface area contributed by atoms with Gasteiger partial charge in [-0.1, -0.05) is 32.9 Å². The molecule has 3 aromatic rings. The molecule has 0 saturated heterocycles. The summed E-state index contributed by atoms with van der Waals surface area (Å²) in [7, 11) is 1.56. The van der Waals surface area contributed by atoms with Crippen molar-refractivity contribution in [2.75, 3.05) is 17.7 Å². The highest BCUT2D eigenvalue weighted by Gasteiger charge is 2.11. The average molecular weight is 476 g/mol. The van der Waals surface area contributed by atoms with Gasteiger partial charge in [0.15, 0.2) is 11.6 Å². The van der Waals surface area contributed by atoms with Crippen molar-refractivity contribution >= 4 is 46.8 Å². The molecule has 0 aliphatic carbocycles. The zero-order chi connectivity index (χ0) is 24.5. The van der Waals surface area contributed by atoms with Crippen LogP contribution in [-0.2, 0) is 11.3 Å². The molecule has 7 nitrogen and oxygen atoms in total. The fraction of sp³-hybridized carbons (Fsp3) is 0.348. The summed E-state index contributed by atoms with van der Waals surface area (Å²) in [5, 5.41) is 18.7. The van der Waals surface area contributed by atoms with E-state index in [-0.39, 0.29) is 5.75 Å². The highest BCUT2D eigenvalue weighted by molar-refractivity contribution is 7.11. The van der Waals surface area contributed by atoms with E-state index in [2.05, 4.69) is 77.4 Å². The first kappa shape index (κ1) is 28.9. The molecule has 174 valence electrons. The zero-order valence-electron chi connectivity index (χ0n) is 19.5. The third-order valence-corrected chi connectivity index (χ3v) is 4.85. The van der Waals surface area contributed by atoms with E-state index in [1.165, 1.54) is 9.75 Å². The number of hydrogen-bond acceptors (Lipinski definition) is 8. The standard InChI is InChI=1S/C15H16N4OS2.C4H10.C2H5NO.C2H2/c1-9-4-3-5-12(13(9)20)17-15-14(18-22-19-15)16-8-11-7-6-10(2)21-11;1-4(2)3;1-3-2-4;1-2/h3-7,20H,8H2,1-2H3,(H,16,18)(H,17,19);4H,1-3H3;2H,1H3,(H,3,4);1-2H. The van der Waals surface area contributed by atoms with E-state index in [4.69, 9.17) is 4.79 Å². The maximum Gasteiger partial charge on any atom is 0.206 e. The highest BCUT2D eigenvalue weighted by Crippen LogP contribution is 2.31. The summed E-state index contributed by atoms with van der Waals surface area (Å²) in [4.78, 5) is 11.6. The molecule has 0 aliphatic heterocycles. The molecule has 0 fully saturated rings. The second kappa shape index (κ2) is 16.6. The van der Waals surface area contributed by atoms with Crippen molar-refractivity contribution in [3.8, 4) is 18.6 Å². The van der Waals surface area contributed by atoms with Crippen LogP contribution >= 0.6 is 23.1 Å². The predicted octanol–water partition coefficient (Wildman–Crippen LogP) is 5.55. The number of benzene rings is 1. The second-order valence-electron chi connectivity index (χ2n) is 7.06. The van der Waals surface area contributed by atoms with Gasteiger partial charge in [0.2, 0.25) is 6.41 Å². The maximum atomic E-state index is 10.1. The van der Waals surface area contributed by atoms with Gasteiger partial charge in [0.1, 0.15) is 5.75 Å². The van der Waals surface area contributed by atoms with Gasteiger partial charge in [0, 0.05) is 16.8 Å². The van der Waals surface area contributed by atoms with Gasteiger partial charge in [-0.05, 0) is 43.5 Å². The number of phenols is 1. The number of hydrogen-bond donors (Lipinski definition) is 4. The summed E-state index contributed by atoms with van der Waals surface area (Å²) in [6, 6.07) is 9.77. The largest absolute Gasteiger partial charge is 0.505 e. The van der Waals surface area contributed by atoms with Crippen LogP contribution in [0.4, 0.5) is 17.3 Å². The maximum absolute atomic E-state index is 10.1. The summed E-state index contributed by atoms with van der Waals surface area (Å²) in [5.41, 5.74) is 1.44. The monoisotopic (exact) mass is 475 g/mol. The minimum Gasteiger partial charge on any atom is -0.505 e. The molecular weight excluding hydrogens is 442 g/mol. The molecule has 1 amide bonds. The lowest BCUT2D eigenvalue weighted by molar-refractivity contribution is -0.109. The van der Waals surface area contributed by atoms with Crippen molar-refractivity contribution in [1.29, 1.82) is 0 Å². The number of aromatic hydroxyl groups is 1. The Hall–Kier alpha value is -3.09. The number of rotatable bonds is 6. The number of carbonyl (C=O) groups is 1. The first-order chi connectivity index (χ1) is 15.3. The lowest BCUT2D eigenvalue weighted by atomic mass is 10.2. The van der Waals surface area contributed by atoms with E-state index >= 15 is 0 Å². The molecule has 0 atom stereocenters. The normalized spacial score (nSPS) is 9.16. The van der Waals surface area contributed by atoms with Crippen molar-refractivity contribution in [3.05, 3.63) is 45.6 Å². The van der Waals surface area contributed by atoms with Crippen molar-refractivity contribution in [2.45, 2.75) is 41.2 Å². The Bertz CT molecular complexity index is 933. The Balaban J connectivity index is 0.000000821. The summed E-state index contributed by atoms with van der Waals surface area (Å²) < 4.78 is 8.52. The molecule has 1 aromatic carbocycles. The van der Waals surface area contributed by atoms with Crippen LogP contribution in [0.1, 0.15) is 36.1 Å². The molecule has 0 saturated carbocycles. The topological polar surface area (TPSA) is 99.2 Å². The Labute approximate surface area is 199 Å². The Kier molecular flexibility index (Phi) is 15.0. The van der Waals surface area contributed by atoms with Crippen LogP contribution in [0.5, 0.6) is 5.75 Å². The number of amides is 1. The molecular formula is C23H33N5O2S2. The van der Waals surface area contributed by atoms with Crippen LogP contribution in [0, 0.1) is 32.6 Å². The smallest absolute Gasteiger partial charge is 0.206 e. The summed E-state index contributed by atoms with van der Waals surface area (Å²) in [5.74, 6) is 2.38. The van der Waals surface area contributed by atoms with Gasteiger partial charge >= 0.3 is 0 Å². The van der Waals surface area contributed by atoms with E-state index < -0.39 is 0 Å². The number of aromatic nitrogens is 2. The third kappa shape index (κ3) is 11.3. The molecule has 3 rings (SSSR count). The van der Waals surface area contributed by atoms with Crippen LogP contribution in [-0.4, -0.2) is 27.3 Å². The molecule has 0 bridgehead atoms. The van der Waals surface area contributed by atoms with Crippen molar-refractivity contribution in [3.63, 3.8) is 0 Å². The van der Waals surface area contributed by atoms with Gasteiger partial charge in [-0.3, -0.25) is 4.79 Å². The molecule has 32 heavy (non-hydrogen) atoms. The molecule has 0 aliphatic rings. The number of nitrogens with one attached hydrogen (secondary N) is 3. The minimum absolute atomic E-state index is 0.232. The Morgan fingerprint density at radius 3 is 2.22 bits per heavy atom. The Morgan fingerprint density at radius 2 is 1.69 bits per heavy atom. The first-order valence-corrected chi connectivity index (χ1v) is 11.4. The number of aryl methyl sites for hydroxylation is 2. The van der Waals surface area contributed by atoms with E-state index in [1.807, 2.05) is 25.1 Å². The van der Waals surface area contributed by atoms with Crippen LogP contribution in [0.25, 0.3) is 0 Å². The van der Waals surface area contributed by atoms with Gasteiger partial charge in [-0.25, -0.2) is 0 Å². The summed E-state index contributed by atoms with van der Waals surface area (Å²) >= 11 is 2.89. The van der Waals surface area contributed by atoms with Gasteiger partial charge in [-0.15, -0.1) is 24.2 Å². The molecule has 0 spiro atoms. The number of terminal acetylenes is 1. The lowest BCUT2D eigenvalue weighted by Gasteiger charge is -2.09. The number of anilines is 3. The third-order valence-electron chi connectivity index (χ3n) is 3.32. The highest BCUT2D eigenvalue weighted by atomic mass is 32.1. The molecule has 2 heterocycles. The van der Waals surface area contributed by atoms with Crippen molar-refractivity contribution in [2.24, 2.45) is 5.92 Å². The van der Waals surface area contributed by atoms with E-state index in [9.17, 15) is 5.11 Å². The molecule has 0 unspecified atom stereocenters. The molecule has 0 radical (unpaired) electrons. The van der Waals surface area contributed by atoms with Gasteiger partial charge in [0.05, 0.1) is 24.0 Å². The second-order valence-corrected chi connectivity index (χ2v) is 8.96. The summed E-state index contributed by atoms with van der Waals surface area (Å²) in [6.07, 6.45) is 8.62. The SMILES string of the molecule is C#C.CC(C)C.CNC=O.Cc1ccc(CNc2nsnc2Nc2cccc(C)c2O)s1. The lowest BCUT2D eigenvalue weighted by Crippen LogP contribution is -2.01. The quantitative estimate of drug-likeness (QED) is 0.212. The summed E-state index contributed by atoms with van der Waals surface area (Å²) in [6.45, 7) is 11.2. The number of phenolic OH excluding ortho intramolecular Hbond substituents is 1. The average Bonchev–Trinajstić information content (AvgIpc) is 3.39. The van der Waals surface area contributed by atoms with Crippen LogP contribution in [0.2, 0.25) is 0 Å². The molecule has 9 heteroatoms. The van der Waals surface area contributed by atoms with Gasteiger partial charge < -0.3 is 21.1 Å². The molecule has 2 aromatic heterocycles. The van der Waals surface area contributed by atoms with E-state index in [1.54, 1.807) is 18.4 Å². The van der Waals surface area contributed by atoms with E-state index in [0.29, 0.717) is 30.3 Å². The number of carbonyl (C=O) groups excluding carboxylic acids is 1. The van der Waals surface area contributed by atoms with Crippen LogP contribution in [0.15, 0.2) is 30.3 Å². The van der Waals surface area contributed by atoms with Crippen molar-refractivity contribution < 1.29 is 9.90 Å². The fourth-order valence-corrected chi connectivity index (χ4v) is 3.34. The fourth-order valence-electron chi connectivity index (χ4n) is 2.02. The number of nitrogens with zero attached hydrogens (tertiary/aromatic N) is 2. The minimum atomic E-state index is 0.232. The van der Waals surface area contributed by atoms with Crippen LogP contribution < -0.4 is 16.0 Å². The van der Waals surface area contributed by atoms with E-state index in [0.717, 1.165) is 23.2 Å². The van der Waals surface area contributed by atoms with Gasteiger partial charge in [0.25, 0.3) is 0 Å². The number of para-hydroxylation sites is 1.